The lowest BCUT2D eigenvalue weighted by atomic mass is 10.3. The maximum Gasteiger partial charge on any atom is 0.401 e. The third kappa shape index (κ3) is 4.22. The molecule has 0 bridgehead atoms. The van der Waals surface area contributed by atoms with Crippen LogP contribution in [0.1, 0.15) is 11.4 Å². The molecule has 8 nitrogen and oxygen atoms in total. The molecule has 0 N–H and O–H groups in total. The Kier molecular flexibility index (Phi) is 5.11. The van der Waals surface area contributed by atoms with E-state index < -0.39 is 17.6 Å². The number of nitrogens with zero attached hydrogens (tertiary/aromatic N) is 5. The molecular weight excluding hydrogens is 331 g/mol. The van der Waals surface area contributed by atoms with E-state index in [0.717, 1.165) is 0 Å². The zero-order chi connectivity index (χ0) is 18.1. The molecule has 24 heavy (non-hydrogen) atoms. The van der Waals surface area contributed by atoms with Crippen LogP contribution in [0.4, 0.5) is 18.9 Å². The second-order valence-electron chi connectivity index (χ2n) is 5.71. The van der Waals surface area contributed by atoms with Crippen molar-refractivity contribution in [1.29, 1.82) is 0 Å². The highest BCUT2D eigenvalue weighted by Crippen LogP contribution is 2.22. The van der Waals surface area contributed by atoms with E-state index in [1.165, 1.54) is 28.3 Å². The number of aryl methyl sites for hydroxylation is 1. The molecule has 1 aromatic heterocycles. The van der Waals surface area contributed by atoms with Crippen LogP contribution < -0.4 is 0 Å². The maximum atomic E-state index is 12.3. The van der Waals surface area contributed by atoms with Crippen molar-refractivity contribution >= 4 is 11.6 Å². The summed E-state index contributed by atoms with van der Waals surface area (Å²) in [6.07, 6.45) is -4.26. The van der Waals surface area contributed by atoms with Crippen LogP contribution in [-0.2, 0) is 11.3 Å². The molecule has 1 saturated heterocycles. The van der Waals surface area contributed by atoms with Gasteiger partial charge in [0.2, 0.25) is 5.91 Å². The Morgan fingerprint density at radius 3 is 2.29 bits per heavy atom. The minimum Gasteiger partial charge on any atom is -0.339 e. The van der Waals surface area contributed by atoms with E-state index >= 15 is 0 Å². The predicted octanol–water partition coefficient (Wildman–Crippen LogP) is 1.11. The van der Waals surface area contributed by atoms with Crippen molar-refractivity contribution in [2.45, 2.75) is 26.6 Å². The van der Waals surface area contributed by atoms with E-state index in [9.17, 15) is 28.1 Å². The van der Waals surface area contributed by atoms with Crippen LogP contribution in [0.3, 0.4) is 0 Å². The van der Waals surface area contributed by atoms with Gasteiger partial charge in [-0.2, -0.15) is 18.3 Å². The molecule has 1 amide bonds. The van der Waals surface area contributed by atoms with Gasteiger partial charge < -0.3 is 4.90 Å². The van der Waals surface area contributed by atoms with Gasteiger partial charge in [0.25, 0.3) is 0 Å². The van der Waals surface area contributed by atoms with E-state index in [4.69, 9.17) is 0 Å². The summed E-state index contributed by atoms with van der Waals surface area (Å²) >= 11 is 0. The SMILES string of the molecule is Cc1nn(CC(=O)N2CCN(CC(F)(F)F)CC2)c(C)c1[N+](=O)[O-]. The Morgan fingerprint density at radius 2 is 1.83 bits per heavy atom. The molecule has 0 aliphatic carbocycles. The molecule has 2 heterocycles. The number of hydrogen-bond acceptors (Lipinski definition) is 5. The quantitative estimate of drug-likeness (QED) is 0.601. The van der Waals surface area contributed by atoms with E-state index in [0.29, 0.717) is 0 Å². The van der Waals surface area contributed by atoms with Crippen molar-refractivity contribution in [3.05, 3.63) is 21.5 Å². The van der Waals surface area contributed by atoms with Crippen LogP contribution in [0.25, 0.3) is 0 Å². The normalized spacial score (nSPS) is 16.5. The summed E-state index contributed by atoms with van der Waals surface area (Å²) < 4.78 is 38.3. The average Bonchev–Trinajstić information content (AvgIpc) is 2.72. The third-order valence-corrected chi connectivity index (χ3v) is 3.94. The smallest absolute Gasteiger partial charge is 0.339 e. The molecule has 0 saturated carbocycles. The number of amides is 1. The molecule has 0 unspecified atom stereocenters. The van der Waals surface area contributed by atoms with Gasteiger partial charge in [-0.3, -0.25) is 24.5 Å². The second-order valence-corrected chi connectivity index (χ2v) is 5.71. The Bertz CT molecular complexity index is 636. The lowest BCUT2D eigenvalue weighted by Gasteiger charge is -2.35. The maximum absolute atomic E-state index is 12.3. The molecule has 1 fully saturated rings. The molecule has 134 valence electrons. The molecule has 1 aromatic rings. The largest absolute Gasteiger partial charge is 0.401 e. The van der Waals surface area contributed by atoms with Crippen molar-refractivity contribution in [2.75, 3.05) is 32.7 Å². The van der Waals surface area contributed by atoms with Crippen LogP contribution >= 0.6 is 0 Å². The highest BCUT2D eigenvalue weighted by atomic mass is 19.4. The van der Waals surface area contributed by atoms with E-state index in [-0.39, 0.29) is 55.7 Å². The monoisotopic (exact) mass is 349 g/mol. The second kappa shape index (κ2) is 6.75. The lowest BCUT2D eigenvalue weighted by Crippen LogP contribution is -2.51. The number of nitro groups is 1. The molecule has 11 heteroatoms. The van der Waals surface area contributed by atoms with Gasteiger partial charge in [0.15, 0.2) is 0 Å². The van der Waals surface area contributed by atoms with Gasteiger partial charge in [0.05, 0.1) is 11.5 Å². The Hall–Kier alpha value is -2.17. The summed E-state index contributed by atoms with van der Waals surface area (Å²) in [6.45, 7) is 2.50. The molecule has 1 aliphatic rings. The highest BCUT2D eigenvalue weighted by Gasteiger charge is 2.33. The molecule has 0 aromatic carbocycles. The van der Waals surface area contributed by atoms with Crippen molar-refractivity contribution in [2.24, 2.45) is 0 Å². The van der Waals surface area contributed by atoms with Crippen molar-refractivity contribution in [3.63, 3.8) is 0 Å². The molecular formula is C13H18F3N5O3. The van der Waals surface area contributed by atoms with Crippen LogP contribution in [0.15, 0.2) is 0 Å². The Balaban J connectivity index is 1.95. The van der Waals surface area contributed by atoms with Crippen LogP contribution in [-0.4, -0.2) is 69.3 Å². The fourth-order valence-corrected chi connectivity index (χ4v) is 2.74. The first-order chi connectivity index (χ1) is 11.1. The molecule has 1 aliphatic heterocycles. The van der Waals surface area contributed by atoms with Crippen LogP contribution in [0.2, 0.25) is 0 Å². The summed E-state index contributed by atoms with van der Waals surface area (Å²) in [4.78, 5) is 25.4. The first-order valence-corrected chi connectivity index (χ1v) is 7.34. The lowest BCUT2D eigenvalue weighted by molar-refractivity contribution is -0.386. The van der Waals surface area contributed by atoms with Crippen molar-refractivity contribution < 1.29 is 22.9 Å². The van der Waals surface area contributed by atoms with Crippen LogP contribution in [0, 0.1) is 24.0 Å². The van der Waals surface area contributed by atoms with Gasteiger partial charge in [-0.1, -0.05) is 0 Å². The summed E-state index contributed by atoms with van der Waals surface area (Å²) in [5, 5.41) is 15.0. The first kappa shape index (κ1) is 18.2. The number of carbonyl (C=O) groups is 1. The van der Waals surface area contributed by atoms with E-state index in [1.54, 1.807) is 0 Å². The van der Waals surface area contributed by atoms with E-state index in [1.807, 2.05) is 0 Å². The summed E-state index contributed by atoms with van der Waals surface area (Å²) in [7, 11) is 0. The standard InChI is InChI=1S/C13H18F3N5O3/c1-9-12(21(23)24)10(2)20(17-9)7-11(22)19-5-3-18(4-6-19)8-13(14,15)16/h3-8H2,1-2H3. The summed E-state index contributed by atoms with van der Waals surface area (Å²) in [5.74, 6) is -0.317. The number of carbonyl (C=O) groups excluding carboxylic acids is 1. The van der Waals surface area contributed by atoms with Gasteiger partial charge in [-0.15, -0.1) is 0 Å². The zero-order valence-electron chi connectivity index (χ0n) is 13.3. The zero-order valence-corrected chi connectivity index (χ0v) is 13.3. The minimum atomic E-state index is -4.26. The number of piperazine rings is 1. The van der Waals surface area contributed by atoms with Gasteiger partial charge in [-0.05, 0) is 13.8 Å². The molecule has 0 radical (unpaired) electrons. The summed E-state index contributed by atoms with van der Waals surface area (Å²) in [5.41, 5.74) is 0.375. The number of alkyl halides is 3. The van der Waals surface area contributed by atoms with Crippen molar-refractivity contribution in [3.8, 4) is 0 Å². The molecule has 0 atom stereocenters. The topological polar surface area (TPSA) is 84.5 Å². The molecule has 2 rings (SSSR count). The third-order valence-electron chi connectivity index (χ3n) is 3.94. The fraction of sp³-hybridized carbons (Fsp3) is 0.692. The fourth-order valence-electron chi connectivity index (χ4n) is 2.74. The number of aromatic nitrogens is 2. The summed E-state index contributed by atoms with van der Waals surface area (Å²) in [6, 6.07) is 0. The molecule has 0 spiro atoms. The average molecular weight is 349 g/mol. The highest BCUT2D eigenvalue weighted by molar-refractivity contribution is 5.76. The van der Waals surface area contributed by atoms with Gasteiger partial charge >= 0.3 is 11.9 Å². The van der Waals surface area contributed by atoms with Crippen molar-refractivity contribution in [1.82, 2.24) is 19.6 Å². The van der Waals surface area contributed by atoms with Gasteiger partial charge in [0.1, 0.15) is 17.9 Å². The Labute approximate surface area is 136 Å². The van der Waals surface area contributed by atoms with Gasteiger partial charge in [0, 0.05) is 26.2 Å². The van der Waals surface area contributed by atoms with Crippen LogP contribution in [0.5, 0.6) is 0 Å². The minimum absolute atomic E-state index is 0.127. The van der Waals surface area contributed by atoms with Gasteiger partial charge in [-0.25, -0.2) is 0 Å². The number of halogens is 3. The number of hydrogen-bond donors (Lipinski definition) is 0. The Morgan fingerprint density at radius 1 is 1.25 bits per heavy atom. The van der Waals surface area contributed by atoms with E-state index in [2.05, 4.69) is 5.10 Å². The number of rotatable bonds is 4. The first-order valence-electron chi connectivity index (χ1n) is 7.34. The predicted molar refractivity (Wildman–Crippen MR) is 77.4 cm³/mol.